The van der Waals surface area contributed by atoms with E-state index in [0.29, 0.717) is 30.5 Å². The van der Waals surface area contributed by atoms with Crippen LogP contribution in [0, 0.1) is 0 Å². The second kappa shape index (κ2) is 8.51. The molecule has 0 spiro atoms. The maximum absolute atomic E-state index is 6.10. The summed E-state index contributed by atoms with van der Waals surface area (Å²) in [5, 5.41) is 3.92. The third kappa shape index (κ3) is 4.83. The SMILES string of the molecule is COCCOc1ccc(CNc2ccc(OC)c(Cl)c2)cc1. The zero-order valence-electron chi connectivity index (χ0n) is 12.8. The van der Waals surface area contributed by atoms with Gasteiger partial charge in [0.2, 0.25) is 0 Å². The number of hydrogen-bond acceptors (Lipinski definition) is 4. The first-order valence-corrected chi connectivity index (χ1v) is 7.39. The Bertz CT molecular complexity index is 587. The fourth-order valence-electron chi connectivity index (χ4n) is 1.93. The quantitative estimate of drug-likeness (QED) is 0.746. The van der Waals surface area contributed by atoms with Crippen molar-refractivity contribution in [2.24, 2.45) is 0 Å². The highest BCUT2D eigenvalue weighted by molar-refractivity contribution is 6.32. The summed E-state index contributed by atoms with van der Waals surface area (Å²) in [6.45, 7) is 1.85. The molecule has 2 aromatic carbocycles. The van der Waals surface area contributed by atoms with E-state index in [1.54, 1.807) is 14.2 Å². The first-order valence-electron chi connectivity index (χ1n) is 7.01. The van der Waals surface area contributed by atoms with Gasteiger partial charge in [-0.15, -0.1) is 0 Å². The Morgan fingerprint density at radius 1 is 1.00 bits per heavy atom. The summed E-state index contributed by atoms with van der Waals surface area (Å²) in [5.74, 6) is 1.51. The standard InChI is InChI=1S/C17H20ClNO3/c1-20-9-10-22-15-6-3-13(4-7-15)12-19-14-5-8-17(21-2)16(18)11-14/h3-8,11,19H,9-10,12H2,1-2H3. The van der Waals surface area contributed by atoms with Gasteiger partial charge in [-0.05, 0) is 35.9 Å². The van der Waals surface area contributed by atoms with Crippen LogP contribution >= 0.6 is 11.6 Å². The molecule has 0 aromatic heterocycles. The molecule has 22 heavy (non-hydrogen) atoms. The minimum atomic E-state index is 0.554. The largest absolute Gasteiger partial charge is 0.495 e. The Balaban J connectivity index is 1.87. The van der Waals surface area contributed by atoms with Gasteiger partial charge in [0.25, 0.3) is 0 Å². The minimum Gasteiger partial charge on any atom is -0.495 e. The molecule has 0 aliphatic carbocycles. The summed E-state index contributed by atoms with van der Waals surface area (Å²) < 4.78 is 15.6. The van der Waals surface area contributed by atoms with Crippen molar-refractivity contribution in [2.45, 2.75) is 6.54 Å². The highest BCUT2D eigenvalue weighted by Crippen LogP contribution is 2.27. The third-order valence-electron chi connectivity index (χ3n) is 3.13. The second-order valence-electron chi connectivity index (χ2n) is 4.69. The van der Waals surface area contributed by atoms with Crippen molar-refractivity contribution in [3.8, 4) is 11.5 Å². The first kappa shape index (κ1) is 16.5. The van der Waals surface area contributed by atoms with Crippen molar-refractivity contribution < 1.29 is 14.2 Å². The summed E-state index contributed by atoms with van der Waals surface area (Å²) in [6.07, 6.45) is 0. The van der Waals surface area contributed by atoms with Gasteiger partial charge in [-0.25, -0.2) is 0 Å². The van der Waals surface area contributed by atoms with E-state index in [2.05, 4.69) is 5.32 Å². The smallest absolute Gasteiger partial charge is 0.137 e. The van der Waals surface area contributed by atoms with Crippen LogP contribution in [0.25, 0.3) is 0 Å². The van der Waals surface area contributed by atoms with Crippen LogP contribution in [-0.2, 0) is 11.3 Å². The summed E-state index contributed by atoms with van der Waals surface area (Å²) in [4.78, 5) is 0. The lowest BCUT2D eigenvalue weighted by molar-refractivity contribution is 0.146. The van der Waals surface area contributed by atoms with E-state index in [1.165, 1.54) is 0 Å². The first-order chi connectivity index (χ1) is 10.7. The van der Waals surface area contributed by atoms with E-state index >= 15 is 0 Å². The summed E-state index contributed by atoms with van der Waals surface area (Å²) in [5.41, 5.74) is 2.11. The van der Waals surface area contributed by atoms with Gasteiger partial charge in [0, 0.05) is 19.3 Å². The van der Waals surface area contributed by atoms with Crippen LogP contribution in [0.3, 0.4) is 0 Å². The predicted molar refractivity (Wildman–Crippen MR) is 89.1 cm³/mol. The number of halogens is 1. The van der Waals surface area contributed by atoms with E-state index in [4.69, 9.17) is 25.8 Å². The molecule has 2 aromatic rings. The molecule has 4 nitrogen and oxygen atoms in total. The van der Waals surface area contributed by atoms with Crippen molar-refractivity contribution >= 4 is 17.3 Å². The van der Waals surface area contributed by atoms with Gasteiger partial charge in [0.1, 0.15) is 18.1 Å². The molecule has 0 fully saturated rings. The Morgan fingerprint density at radius 2 is 1.77 bits per heavy atom. The van der Waals surface area contributed by atoms with Gasteiger partial charge in [-0.2, -0.15) is 0 Å². The van der Waals surface area contributed by atoms with E-state index in [9.17, 15) is 0 Å². The van der Waals surface area contributed by atoms with Crippen molar-refractivity contribution in [1.82, 2.24) is 0 Å². The normalized spacial score (nSPS) is 10.3. The molecule has 1 N–H and O–H groups in total. The molecule has 0 aliphatic heterocycles. The number of methoxy groups -OCH3 is 2. The number of nitrogens with one attached hydrogen (secondary N) is 1. The van der Waals surface area contributed by atoms with Crippen LogP contribution < -0.4 is 14.8 Å². The van der Waals surface area contributed by atoms with E-state index < -0.39 is 0 Å². The Kier molecular flexibility index (Phi) is 6.37. The maximum Gasteiger partial charge on any atom is 0.137 e. The molecular weight excluding hydrogens is 302 g/mol. The molecule has 2 rings (SSSR count). The van der Waals surface area contributed by atoms with Crippen LogP contribution in [0.15, 0.2) is 42.5 Å². The van der Waals surface area contributed by atoms with Gasteiger partial charge < -0.3 is 19.5 Å². The molecule has 0 saturated heterocycles. The molecule has 0 amide bonds. The van der Waals surface area contributed by atoms with Crippen LogP contribution in [-0.4, -0.2) is 27.4 Å². The lowest BCUT2D eigenvalue weighted by Gasteiger charge is -2.10. The molecule has 0 radical (unpaired) electrons. The number of rotatable bonds is 8. The highest BCUT2D eigenvalue weighted by Gasteiger charge is 2.02. The van der Waals surface area contributed by atoms with Crippen LogP contribution in [0.4, 0.5) is 5.69 Å². The monoisotopic (exact) mass is 321 g/mol. The van der Waals surface area contributed by atoms with Gasteiger partial charge in [0.15, 0.2) is 0 Å². The molecule has 118 valence electrons. The van der Waals surface area contributed by atoms with E-state index in [-0.39, 0.29) is 0 Å². The fourth-order valence-corrected chi connectivity index (χ4v) is 2.18. The second-order valence-corrected chi connectivity index (χ2v) is 5.10. The summed E-state index contributed by atoms with van der Waals surface area (Å²) in [7, 11) is 3.26. The number of anilines is 1. The van der Waals surface area contributed by atoms with Crippen molar-refractivity contribution in [2.75, 3.05) is 32.8 Å². The zero-order valence-corrected chi connectivity index (χ0v) is 13.5. The van der Waals surface area contributed by atoms with Gasteiger partial charge >= 0.3 is 0 Å². The van der Waals surface area contributed by atoms with E-state index in [0.717, 1.165) is 17.0 Å². The third-order valence-corrected chi connectivity index (χ3v) is 3.42. The molecular formula is C17H20ClNO3. The number of benzene rings is 2. The van der Waals surface area contributed by atoms with Crippen molar-refractivity contribution in [1.29, 1.82) is 0 Å². The molecule has 0 bridgehead atoms. The lowest BCUT2D eigenvalue weighted by atomic mass is 10.2. The Hall–Kier alpha value is -1.91. The number of hydrogen-bond donors (Lipinski definition) is 1. The van der Waals surface area contributed by atoms with Crippen LogP contribution in [0.1, 0.15) is 5.56 Å². The van der Waals surface area contributed by atoms with Crippen molar-refractivity contribution in [3.63, 3.8) is 0 Å². The number of ether oxygens (including phenoxy) is 3. The molecule has 0 unspecified atom stereocenters. The molecule has 5 heteroatoms. The highest BCUT2D eigenvalue weighted by atomic mass is 35.5. The topological polar surface area (TPSA) is 39.7 Å². The molecule has 0 aliphatic rings. The van der Waals surface area contributed by atoms with Gasteiger partial charge in [-0.1, -0.05) is 23.7 Å². The van der Waals surface area contributed by atoms with Gasteiger partial charge in [-0.3, -0.25) is 0 Å². The Morgan fingerprint density at radius 3 is 2.41 bits per heavy atom. The average molecular weight is 322 g/mol. The summed E-state index contributed by atoms with van der Waals surface area (Å²) >= 11 is 6.10. The Labute approximate surface area is 136 Å². The fraction of sp³-hybridized carbons (Fsp3) is 0.294. The zero-order chi connectivity index (χ0) is 15.8. The minimum absolute atomic E-state index is 0.554. The predicted octanol–water partition coefficient (Wildman–Crippen LogP) is 3.99. The molecule has 0 heterocycles. The molecule has 0 atom stereocenters. The molecule has 0 saturated carbocycles. The van der Waals surface area contributed by atoms with Crippen molar-refractivity contribution in [3.05, 3.63) is 53.1 Å². The average Bonchev–Trinajstić information content (AvgIpc) is 2.54. The summed E-state index contributed by atoms with van der Waals surface area (Å²) in [6, 6.07) is 13.6. The lowest BCUT2D eigenvalue weighted by Crippen LogP contribution is -2.04. The maximum atomic E-state index is 6.10. The van der Waals surface area contributed by atoms with Crippen LogP contribution in [0.2, 0.25) is 5.02 Å². The van der Waals surface area contributed by atoms with Gasteiger partial charge in [0.05, 0.1) is 18.7 Å². The van der Waals surface area contributed by atoms with E-state index in [1.807, 2.05) is 42.5 Å². The van der Waals surface area contributed by atoms with Crippen LogP contribution in [0.5, 0.6) is 11.5 Å².